The van der Waals surface area contributed by atoms with E-state index >= 15 is 0 Å². The summed E-state index contributed by atoms with van der Waals surface area (Å²) in [5.74, 6) is -0.0367. The number of carbonyl (C=O) groups excluding carboxylic acids is 1. The molecule has 146 valence electrons. The number of amides is 1. The Kier molecular flexibility index (Phi) is 5.18. The van der Waals surface area contributed by atoms with Crippen molar-refractivity contribution in [2.24, 2.45) is 0 Å². The average molecular weight is 427 g/mol. The predicted molar refractivity (Wildman–Crippen MR) is 111 cm³/mol. The number of thioether (sulfide) groups is 1. The average Bonchev–Trinajstić information content (AvgIpc) is 2.73. The number of fused-ring (bicyclic) bond motifs is 1. The van der Waals surface area contributed by atoms with Gasteiger partial charge in [0.15, 0.2) is 0 Å². The summed E-state index contributed by atoms with van der Waals surface area (Å²) >= 11 is 7.50. The highest BCUT2D eigenvalue weighted by Crippen LogP contribution is 2.43. The van der Waals surface area contributed by atoms with Gasteiger partial charge in [-0.2, -0.15) is 5.26 Å². The highest BCUT2D eigenvalue weighted by Gasteiger charge is 2.38. The van der Waals surface area contributed by atoms with Gasteiger partial charge in [0.2, 0.25) is 5.91 Å². The molecule has 2 aromatic rings. The fraction of sp³-hybridized carbons (Fsp3) is 0.200. The monoisotopic (exact) mass is 426 g/mol. The van der Waals surface area contributed by atoms with Crippen molar-refractivity contribution in [3.8, 4) is 6.07 Å². The van der Waals surface area contributed by atoms with Crippen molar-refractivity contribution in [1.29, 1.82) is 5.26 Å². The summed E-state index contributed by atoms with van der Waals surface area (Å²) < 4.78 is 0. The fourth-order valence-corrected chi connectivity index (χ4v) is 4.89. The highest BCUT2D eigenvalue weighted by atomic mass is 35.5. The topological polar surface area (TPSA) is 90.5 Å². The molecule has 0 radical (unpaired) electrons. The molecule has 0 aromatic heterocycles. The Morgan fingerprint density at radius 3 is 2.76 bits per heavy atom. The Hall–Kier alpha value is -3.02. The van der Waals surface area contributed by atoms with Gasteiger partial charge < -0.3 is 4.90 Å². The van der Waals surface area contributed by atoms with Crippen LogP contribution < -0.4 is 4.90 Å². The van der Waals surface area contributed by atoms with Crippen molar-refractivity contribution in [1.82, 2.24) is 4.90 Å². The lowest BCUT2D eigenvalue weighted by Gasteiger charge is -2.42. The first-order valence-electron chi connectivity index (χ1n) is 8.80. The van der Waals surface area contributed by atoms with Gasteiger partial charge in [0.25, 0.3) is 5.69 Å². The molecule has 1 saturated heterocycles. The number of anilines is 1. The van der Waals surface area contributed by atoms with Crippen molar-refractivity contribution in [2.75, 3.05) is 17.4 Å². The number of carbonyl (C=O) groups is 1. The number of nitro groups is 1. The molecule has 2 aliphatic rings. The third-order valence-electron chi connectivity index (χ3n) is 4.95. The Morgan fingerprint density at radius 1 is 1.24 bits per heavy atom. The maximum Gasteiger partial charge on any atom is 0.269 e. The smallest absolute Gasteiger partial charge is 0.269 e. The van der Waals surface area contributed by atoms with E-state index in [1.807, 2.05) is 23.1 Å². The number of rotatable bonds is 3. The summed E-state index contributed by atoms with van der Waals surface area (Å²) in [6.07, 6.45) is 0.0947. The third-order valence-corrected chi connectivity index (χ3v) is 6.34. The van der Waals surface area contributed by atoms with E-state index in [2.05, 4.69) is 6.07 Å². The van der Waals surface area contributed by atoms with Gasteiger partial charge in [0.1, 0.15) is 0 Å². The van der Waals surface area contributed by atoms with Crippen LogP contribution in [0.4, 0.5) is 11.4 Å². The van der Waals surface area contributed by atoms with Crippen LogP contribution >= 0.6 is 23.4 Å². The lowest BCUT2D eigenvalue weighted by Crippen LogP contribution is -2.47. The van der Waals surface area contributed by atoms with Crippen LogP contribution in [0.3, 0.4) is 0 Å². The summed E-state index contributed by atoms with van der Waals surface area (Å²) in [4.78, 5) is 27.2. The minimum atomic E-state index is -0.483. The van der Waals surface area contributed by atoms with Crippen molar-refractivity contribution in [2.45, 2.75) is 12.3 Å². The van der Waals surface area contributed by atoms with E-state index in [1.165, 1.54) is 23.9 Å². The number of nitrogens with zero attached hydrogens (tertiary/aromatic N) is 4. The molecule has 0 saturated carbocycles. The van der Waals surface area contributed by atoms with Crippen molar-refractivity contribution in [3.63, 3.8) is 0 Å². The number of halogens is 1. The summed E-state index contributed by atoms with van der Waals surface area (Å²) in [5, 5.41) is 22.2. The zero-order valence-electron chi connectivity index (χ0n) is 15.1. The summed E-state index contributed by atoms with van der Waals surface area (Å²) in [6.45, 7) is 0.328. The summed E-state index contributed by atoms with van der Waals surface area (Å²) in [5.41, 5.74) is 1.93. The number of non-ortho nitro benzene ring substituents is 1. The van der Waals surface area contributed by atoms with Crippen molar-refractivity contribution < 1.29 is 9.72 Å². The van der Waals surface area contributed by atoms with Gasteiger partial charge in [-0.3, -0.25) is 19.8 Å². The SMILES string of the molecule is N#CC1=C2SCN(c3cccc(Cl)c3)CN2C(=O)C[C@H]1c1cccc([N+](=O)[O-])c1. The Balaban J connectivity index is 1.68. The van der Waals surface area contributed by atoms with Crippen LogP contribution in [0, 0.1) is 21.4 Å². The Bertz CT molecular complexity index is 1080. The molecular weight excluding hydrogens is 412 g/mol. The van der Waals surface area contributed by atoms with Crippen LogP contribution in [0.2, 0.25) is 5.02 Å². The first kappa shape index (κ1) is 19.3. The molecule has 29 heavy (non-hydrogen) atoms. The molecule has 4 rings (SSSR count). The van der Waals surface area contributed by atoms with Crippen LogP contribution in [0.15, 0.2) is 59.1 Å². The minimum Gasteiger partial charge on any atom is -0.344 e. The first-order chi connectivity index (χ1) is 14.0. The second kappa shape index (κ2) is 7.78. The number of nitriles is 1. The number of hydrogen-bond acceptors (Lipinski definition) is 6. The molecule has 9 heteroatoms. The molecule has 2 aromatic carbocycles. The Labute approximate surface area is 176 Å². The van der Waals surface area contributed by atoms with Gasteiger partial charge in [-0.25, -0.2) is 0 Å². The van der Waals surface area contributed by atoms with Gasteiger partial charge in [-0.1, -0.05) is 41.6 Å². The second-order valence-corrected chi connectivity index (χ2v) is 8.07. The first-order valence-corrected chi connectivity index (χ1v) is 10.2. The molecule has 0 N–H and O–H groups in total. The molecule has 0 bridgehead atoms. The van der Waals surface area contributed by atoms with E-state index in [9.17, 15) is 20.2 Å². The number of hydrogen-bond donors (Lipinski definition) is 0. The fourth-order valence-electron chi connectivity index (χ4n) is 3.54. The molecule has 0 spiro atoms. The lowest BCUT2D eigenvalue weighted by molar-refractivity contribution is -0.384. The van der Waals surface area contributed by atoms with E-state index in [4.69, 9.17) is 11.6 Å². The minimum absolute atomic E-state index is 0.0527. The highest BCUT2D eigenvalue weighted by molar-refractivity contribution is 8.03. The van der Waals surface area contributed by atoms with E-state index < -0.39 is 10.8 Å². The molecule has 0 aliphatic carbocycles. The van der Waals surface area contributed by atoms with Crippen molar-refractivity contribution in [3.05, 3.63) is 79.8 Å². The van der Waals surface area contributed by atoms with Gasteiger partial charge in [0, 0.05) is 35.2 Å². The van der Waals surface area contributed by atoms with E-state index in [0.29, 0.717) is 33.7 Å². The molecule has 7 nitrogen and oxygen atoms in total. The lowest BCUT2D eigenvalue weighted by atomic mass is 9.86. The van der Waals surface area contributed by atoms with Crippen LogP contribution in [-0.2, 0) is 4.79 Å². The van der Waals surface area contributed by atoms with E-state index in [-0.39, 0.29) is 18.0 Å². The molecule has 1 atom stereocenters. The predicted octanol–water partition coefficient (Wildman–Crippen LogP) is 4.47. The van der Waals surface area contributed by atoms with Crippen LogP contribution in [0.25, 0.3) is 0 Å². The Morgan fingerprint density at radius 2 is 2.03 bits per heavy atom. The number of nitro benzene ring substituents is 1. The quantitative estimate of drug-likeness (QED) is 0.531. The normalized spacial score (nSPS) is 19.0. The molecular formula is C20H15ClN4O3S. The maximum atomic E-state index is 12.9. The number of allylic oxidation sites excluding steroid dienone is 1. The molecule has 0 unspecified atom stereocenters. The zero-order valence-corrected chi connectivity index (χ0v) is 16.7. The van der Waals surface area contributed by atoms with Gasteiger partial charge in [-0.15, -0.1) is 0 Å². The largest absolute Gasteiger partial charge is 0.344 e. The molecule has 2 heterocycles. The second-order valence-electron chi connectivity index (χ2n) is 6.70. The summed E-state index contributed by atoms with van der Waals surface area (Å²) in [6, 6.07) is 15.8. The standard InChI is InChI=1S/C20H15ClN4O3S/c21-14-4-2-5-15(8-14)23-11-24-19(26)9-17(18(10-22)20(24)29-12-23)13-3-1-6-16(7-13)25(27)28/h1-8,17H,9,11-12H2/t17-/m0/s1. The summed E-state index contributed by atoms with van der Waals surface area (Å²) in [7, 11) is 0. The van der Waals surface area contributed by atoms with Crippen LogP contribution in [0.5, 0.6) is 0 Å². The van der Waals surface area contributed by atoms with Gasteiger partial charge >= 0.3 is 0 Å². The van der Waals surface area contributed by atoms with Crippen LogP contribution in [-0.4, -0.2) is 28.3 Å². The molecule has 1 amide bonds. The van der Waals surface area contributed by atoms with E-state index in [1.54, 1.807) is 23.1 Å². The molecule has 1 fully saturated rings. The maximum absolute atomic E-state index is 12.9. The molecule has 2 aliphatic heterocycles. The zero-order chi connectivity index (χ0) is 20.5. The van der Waals surface area contributed by atoms with E-state index in [0.717, 1.165) is 5.69 Å². The van der Waals surface area contributed by atoms with Gasteiger partial charge in [-0.05, 0) is 23.8 Å². The third kappa shape index (κ3) is 3.67. The number of benzene rings is 2. The van der Waals surface area contributed by atoms with Crippen molar-refractivity contribution >= 4 is 40.6 Å². The van der Waals surface area contributed by atoms with Gasteiger partial charge in [0.05, 0.1) is 34.1 Å². The van der Waals surface area contributed by atoms with Crippen LogP contribution in [0.1, 0.15) is 17.9 Å².